The van der Waals surface area contributed by atoms with Crippen molar-refractivity contribution in [2.45, 2.75) is 6.42 Å². The Labute approximate surface area is 107 Å². The van der Waals surface area contributed by atoms with Gasteiger partial charge in [0, 0.05) is 17.4 Å². The van der Waals surface area contributed by atoms with Crippen LogP contribution in [0.2, 0.25) is 0 Å². The van der Waals surface area contributed by atoms with E-state index in [1.54, 1.807) is 22.7 Å². The van der Waals surface area contributed by atoms with Crippen LogP contribution in [0.15, 0.2) is 35.0 Å². The van der Waals surface area contributed by atoms with Crippen LogP contribution >= 0.6 is 22.7 Å². The summed E-state index contributed by atoms with van der Waals surface area (Å²) in [7, 11) is 0. The minimum Gasteiger partial charge on any atom is -0.303 e. The summed E-state index contributed by atoms with van der Waals surface area (Å²) in [5.74, 6) is 0. The van der Waals surface area contributed by atoms with E-state index in [9.17, 15) is 4.79 Å². The molecule has 3 rings (SSSR count). The van der Waals surface area contributed by atoms with Gasteiger partial charge in [-0.05, 0) is 29.1 Å². The van der Waals surface area contributed by atoms with Gasteiger partial charge in [-0.25, -0.2) is 4.98 Å². The summed E-state index contributed by atoms with van der Waals surface area (Å²) < 4.78 is 1.14. The molecule has 2 aromatic heterocycles. The fourth-order valence-corrected chi connectivity index (χ4v) is 3.44. The van der Waals surface area contributed by atoms with Gasteiger partial charge in [-0.1, -0.05) is 6.07 Å². The van der Waals surface area contributed by atoms with Crippen molar-refractivity contribution in [1.82, 2.24) is 4.98 Å². The molecule has 2 nitrogen and oxygen atoms in total. The number of fused-ring (bicyclic) bond motifs is 1. The van der Waals surface area contributed by atoms with E-state index in [1.807, 2.05) is 12.1 Å². The molecule has 1 aromatic carbocycles. The fourth-order valence-electron chi connectivity index (χ4n) is 1.70. The van der Waals surface area contributed by atoms with Gasteiger partial charge in [-0.15, -0.1) is 11.3 Å². The number of rotatable bonds is 3. The average molecular weight is 259 g/mol. The lowest BCUT2D eigenvalue weighted by Gasteiger charge is -1.92. The van der Waals surface area contributed by atoms with E-state index in [0.717, 1.165) is 27.1 Å². The van der Waals surface area contributed by atoms with Crippen LogP contribution in [0.25, 0.3) is 20.8 Å². The lowest BCUT2D eigenvalue weighted by Crippen LogP contribution is -1.83. The SMILES string of the molecule is O=CCc1ccc2nc(-c3ccsc3)sc2c1. The molecule has 0 amide bonds. The van der Waals surface area contributed by atoms with Gasteiger partial charge in [0.1, 0.15) is 11.3 Å². The molecule has 0 aliphatic rings. The zero-order valence-electron chi connectivity index (χ0n) is 8.92. The molecular formula is C13H9NOS2. The molecule has 17 heavy (non-hydrogen) atoms. The van der Waals surface area contributed by atoms with Crippen LogP contribution in [0.3, 0.4) is 0 Å². The van der Waals surface area contributed by atoms with E-state index < -0.39 is 0 Å². The number of benzene rings is 1. The molecule has 0 aliphatic heterocycles. The number of aldehydes is 1. The number of hydrogen-bond acceptors (Lipinski definition) is 4. The lowest BCUT2D eigenvalue weighted by molar-refractivity contribution is -0.107. The molecule has 84 valence electrons. The van der Waals surface area contributed by atoms with Crippen LogP contribution in [-0.4, -0.2) is 11.3 Å². The molecule has 4 heteroatoms. The summed E-state index contributed by atoms with van der Waals surface area (Å²) in [5, 5.41) is 5.20. The minimum absolute atomic E-state index is 0.474. The molecule has 0 aliphatic carbocycles. The van der Waals surface area contributed by atoms with Gasteiger partial charge >= 0.3 is 0 Å². The number of nitrogens with zero attached hydrogens (tertiary/aromatic N) is 1. The molecule has 2 heterocycles. The van der Waals surface area contributed by atoms with Gasteiger partial charge in [-0.2, -0.15) is 11.3 Å². The Bertz CT molecular complexity index is 655. The number of aromatic nitrogens is 1. The largest absolute Gasteiger partial charge is 0.303 e. The van der Waals surface area contributed by atoms with Crippen molar-refractivity contribution < 1.29 is 4.79 Å². The van der Waals surface area contributed by atoms with Crippen molar-refractivity contribution in [3.63, 3.8) is 0 Å². The van der Waals surface area contributed by atoms with Gasteiger partial charge < -0.3 is 4.79 Å². The molecule has 0 N–H and O–H groups in total. The first-order valence-electron chi connectivity index (χ1n) is 5.22. The molecule has 0 saturated heterocycles. The summed E-state index contributed by atoms with van der Waals surface area (Å²) in [6.07, 6.45) is 1.41. The molecule has 0 atom stereocenters. The van der Waals surface area contributed by atoms with Crippen molar-refractivity contribution in [2.75, 3.05) is 0 Å². The Morgan fingerprint density at radius 1 is 1.29 bits per heavy atom. The van der Waals surface area contributed by atoms with Crippen LogP contribution in [0, 0.1) is 0 Å². The maximum atomic E-state index is 10.5. The highest BCUT2D eigenvalue weighted by Gasteiger charge is 2.06. The van der Waals surface area contributed by atoms with Gasteiger partial charge in [-0.3, -0.25) is 0 Å². The normalized spacial score (nSPS) is 10.8. The average Bonchev–Trinajstić information content (AvgIpc) is 2.97. The third-order valence-electron chi connectivity index (χ3n) is 2.54. The Morgan fingerprint density at radius 3 is 3.00 bits per heavy atom. The van der Waals surface area contributed by atoms with Crippen LogP contribution in [-0.2, 0) is 11.2 Å². The lowest BCUT2D eigenvalue weighted by atomic mass is 10.2. The van der Waals surface area contributed by atoms with Crippen molar-refractivity contribution in [3.8, 4) is 10.6 Å². The van der Waals surface area contributed by atoms with Gasteiger partial charge in [0.2, 0.25) is 0 Å². The van der Waals surface area contributed by atoms with Gasteiger partial charge in [0.25, 0.3) is 0 Å². The molecule has 0 unspecified atom stereocenters. The molecular weight excluding hydrogens is 250 g/mol. The first-order valence-corrected chi connectivity index (χ1v) is 6.98. The maximum absolute atomic E-state index is 10.5. The topological polar surface area (TPSA) is 30.0 Å². The number of thiazole rings is 1. The second-order valence-corrected chi connectivity index (χ2v) is 5.51. The summed E-state index contributed by atoms with van der Waals surface area (Å²) in [6.45, 7) is 0. The number of hydrogen-bond donors (Lipinski definition) is 0. The van der Waals surface area contributed by atoms with Crippen molar-refractivity contribution in [2.24, 2.45) is 0 Å². The second-order valence-electron chi connectivity index (χ2n) is 3.70. The first-order chi connectivity index (χ1) is 8.36. The van der Waals surface area contributed by atoms with Gasteiger partial charge in [0.15, 0.2) is 0 Å². The van der Waals surface area contributed by atoms with Crippen LogP contribution in [0.4, 0.5) is 0 Å². The summed E-state index contributed by atoms with van der Waals surface area (Å²) in [6, 6.07) is 8.08. The second kappa shape index (κ2) is 4.39. The van der Waals surface area contributed by atoms with Crippen molar-refractivity contribution in [1.29, 1.82) is 0 Å². The maximum Gasteiger partial charge on any atom is 0.125 e. The van der Waals surface area contributed by atoms with E-state index in [0.29, 0.717) is 6.42 Å². The Morgan fingerprint density at radius 2 is 2.24 bits per heavy atom. The predicted molar refractivity (Wildman–Crippen MR) is 72.7 cm³/mol. The molecule has 0 spiro atoms. The van der Waals surface area contributed by atoms with E-state index in [-0.39, 0.29) is 0 Å². The third kappa shape index (κ3) is 2.01. The van der Waals surface area contributed by atoms with Crippen LogP contribution < -0.4 is 0 Å². The fraction of sp³-hybridized carbons (Fsp3) is 0.0769. The Balaban J connectivity index is 2.09. The molecule has 3 aromatic rings. The number of carbonyl (C=O) groups is 1. The van der Waals surface area contributed by atoms with E-state index in [4.69, 9.17) is 0 Å². The minimum atomic E-state index is 0.474. The number of thiophene rings is 1. The smallest absolute Gasteiger partial charge is 0.125 e. The zero-order chi connectivity index (χ0) is 11.7. The van der Waals surface area contributed by atoms with Crippen molar-refractivity contribution in [3.05, 3.63) is 40.6 Å². The van der Waals surface area contributed by atoms with E-state index >= 15 is 0 Å². The summed E-state index contributed by atoms with van der Waals surface area (Å²) in [5.41, 5.74) is 3.23. The molecule has 0 bridgehead atoms. The summed E-state index contributed by atoms with van der Waals surface area (Å²) >= 11 is 3.35. The predicted octanol–water partition coefficient (Wildman–Crippen LogP) is 3.77. The first kappa shape index (κ1) is 10.6. The van der Waals surface area contributed by atoms with E-state index in [1.165, 1.54) is 5.56 Å². The Kier molecular flexibility index (Phi) is 2.74. The summed E-state index contributed by atoms with van der Waals surface area (Å²) in [4.78, 5) is 15.1. The third-order valence-corrected chi connectivity index (χ3v) is 4.29. The quantitative estimate of drug-likeness (QED) is 0.670. The highest BCUT2D eigenvalue weighted by Crippen LogP contribution is 2.31. The highest BCUT2D eigenvalue weighted by atomic mass is 32.1. The molecule has 0 saturated carbocycles. The van der Waals surface area contributed by atoms with Crippen LogP contribution in [0.5, 0.6) is 0 Å². The van der Waals surface area contributed by atoms with Gasteiger partial charge in [0.05, 0.1) is 10.2 Å². The monoisotopic (exact) mass is 259 g/mol. The standard InChI is InChI=1S/C13H9NOS2/c15-5-3-9-1-2-11-12(7-9)17-13(14-11)10-4-6-16-8-10/h1-2,4-8H,3H2. The van der Waals surface area contributed by atoms with Crippen molar-refractivity contribution >= 4 is 39.2 Å². The molecule has 0 radical (unpaired) electrons. The molecule has 0 fully saturated rings. The van der Waals surface area contributed by atoms with E-state index in [2.05, 4.69) is 27.9 Å². The highest BCUT2D eigenvalue weighted by molar-refractivity contribution is 7.22. The number of carbonyl (C=O) groups excluding carboxylic acids is 1. The zero-order valence-corrected chi connectivity index (χ0v) is 10.6. The Hall–Kier alpha value is -1.52. The van der Waals surface area contributed by atoms with Crippen LogP contribution in [0.1, 0.15) is 5.56 Å².